The van der Waals surface area contributed by atoms with Crippen molar-refractivity contribution in [3.63, 3.8) is 0 Å². The molecular weight excluding hydrogens is 264 g/mol. The average Bonchev–Trinajstić information content (AvgIpc) is 2.21. The molecule has 2 heteroatoms. The lowest BCUT2D eigenvalue weighted by atomic mass is 9.69. The average molecular weight is 283 g/mol. The molecule has 2 atom stereocenters. The Morgan fingerprint density at radius 1 is 1.31 bits per heavy atom. The van der Waals surface area contributed by atoms with E-state index < -0.39 is 0 Å². The van der Waals surface area contributed by atoms with Crippen LogP contribution in [0, 0.1) is 19.3 Å². The zero-order valence-electron chi connectivity index (χ0n) is 10.4. The minimum absolute atomic E-state index is 0.233. The third-order valence-corrected chi connectivity index (χ3v) is 5.21. The molecule has 1 nitrogen and oxygen atoms in total. The third kappa shape index (κ3) is 2.00. The largest absolute Gasteiger partial charge is 0.490 e. The Bertz CT molecular complexity index is 398. The molecule has 0 N–H and O–H groups in total. The quantitative estimate of drug-likeness (QED) is 0.737. The maximum absolute atomic E-state index is 6.09. The van der Waals surface area contributed by atoms with Gasteiger partial charge in [0.1, 0.15) is 11.9 Å². The predicted octanol–water partition coefficient (Wildman–Crippen LogP) is 4.24. The molecule has 1 aromatic carbocycles. The molecular formula is C14H19BrO. The number of hydrogen-bond donors (Lipinski definition) is 0. The SMILES string of the molecule is Cc1ccc(OC2CC(Br)C2(C)C)c(C)c1. The topological polar surface area (TPSA) is 9.23 Å². The molecule has 0 aromatic heterocycles. The third-order valence-electron chi connectivity index (χ3n) is 3.66. The second-order valence-corrected chi connectivity index (χ2v) is 6.51. The van der Waals surface area contributed by atoms with Crippen LogP contribution in [0.25, 0.3) is 0 Å². The van der Waals surface area contributed by atoms with Crippen molar-refractivity contribution in [3.05, 3.63) is 29.3 Å². The maximum Gasteiger partial charge on any atom is 0.122 e. The summed E-state index contributed by atoms with van der Waals surface area (Å²) in [4.78, 5) is 0.579. The monoisotopic (exact) mass is 282 g/mol. The van der Waals surface area contributed by atoms with Crippen molar-refractivity contribution >= 4 is 15.9 Å². The van der Waals surface area contributed by atoms with E-state index in [0.29, 0.717) is 10.9 Å². The summed E-state index contributed by atoms with van der Waals surface area (Å²) >= 11 is 3.69. The Balaban J connectivity index is 2.11. The summed E-state index contributed by atoms with van der Waals surface area (Å²) in [6.07, 6.45) is 1.43. The van der Waals surface area contributed by atoms with Crippen LogP contribution in [0.1, 0.15) is 31.4 Å². The number of halogens is 1. The van der Waals surface area contributed by atoms with E-state index in [-0.39, 0.29) is 5.41 Å². The molecule has 1 aliphatic rings. The number of aryl methyl sites for hydroxylation is 2. The van der Waals surface area contributed by atoms with Crippen LogP contribution in [0.2, 0.25) is 0 Å². The van der Waals surface area contributed by atoms with Crippen molar-refractivity contribution in [2.24, 2.45) is 5.41 Å². The van der Waals surface area contributed by atoms with E-state index in [2.05, 4.69) is 61.8 Å². The summed E-state index contributed by atoms with van der Waals surface area (Å²) in [5.41, 5.74) is 2.75. The Kier molecular flexibility index (Phi) is 3.04. The number of hydrogen-bond acceptors (Lipinski definition) is 1. The second-order valence-electron chi connectivity index (χ2n) is 5.40. The van der Waals surface area contributed by atoms with Crippen LogP contribution >= 0.6 is 15.9 Å². The molecule has 1 saturated carbocycles. The van der Waals surface area contributed by atoms with Gasteiger partial charge in [0.05, 0.1) is 0 Å². The summed E-state index contributed by atoms with van der Waals surface area (Å²) in [5.74, 6) is 1.03. The van der Waals surface area contributed by atoms with Crippen molar-refractivity contribution in [1.82, 2.24) is 0 Å². The minimum atomic E-state index is 0.233. The molecule has 0 aliphatic heterocycles. The van der Waals surface area contributed by atoms with Crippen molar-refractivity contribution in [1.29, 1.82) is 0 Å². The molecule has 0 bridgehead atoms. The fourth-order valence-electron chi connectivity index (χ4n) is 2.12. The minimum Gasteiger partial charge on any atom is -0.490 e. The second kappa shape index (κ2) is 4.06. The lowest BCUT2D eigenvalue weighted by Gasteiger charge is -2.48. The molecule has 1 aromatic rings. The summed E-state index contributed by atoms with van der Waals surface area (Å²) in [7, 11) is 0. The van der Waals surface area contributed by atoms with E-state index >= 15 is 0 Å². The van der Waals surface area contributed by atoms with E-state index in [0.717, 1.165) is 12.2 Å². The highest BCUT2D eigenvalue weighted by molar-refractivity contribution is 9.09. The predicted molar refractivity (Wildman–Crippen MR) is 71.4 cm³/mol. The fourth-order valence-corrected chi connectivity index (χ4v) is 2.76. The van der Waals surface area contributed by atoms with E-state index in [1.165, 1.54) is 11.1 Å². The van der Waals surface area contributed by atoms with Crippen molar-refractivity contribution < 1.29 is 4.74 Å². The normalized spacial score (nSPS) is 27.3. The van der Waals surface area contributed by atoms with Crippen LogP contribution < -0.4 is 4.74 Å². The molecule has 0 radical (unpaired) electrons. The van der Waals surface area contributed by atoms with Gasteiger partial charge in [0, 0.05) is 10.2 Å². The molecule has 1 aliphatic carbocycles. The molecule has 0 amide bonds. The van der Waals surface area contributed by atoms with E-state index in [4.69, 9.17) is 4.74 Å². The highest BCUT2D eigenvalue weighted by Crippen LogP contribution is 2.47. The lowest BCUT2D eigenvalue weighted by Crippen LogP contribution is -2.53. The molecule has 0 saturated heterocycles. The van der Waals surface area contributed by atoms with Gasteiger partial charge in [-0.15, -0.1) is 0 Å². The van der Waals surface area contributed by atoms with Crippen LogP contribution in [-0.4, -0.2) is 10.9 Å². The van der Waals surface area contributed by atoms with Crippen molar-refractivity contribution in [2.75, 3.05) is 0 Å². The highest BCUT2D eigenvalue weighted by atomic mass is 79.9. The van der Waals surface area contributed by atoms with Crippen LogP contribution in [-0.2, 0) is 0 Å². The Labute approximate surface area is 106 Å². The first-order chi connectivity index (χ1) is 7.41. The number of rotatable bonds is 2. The van der Waals surface area contributed by atoms with Crippen LogP contribution in [0.3, 0.4) is 0 Å². The van der Waals surface area contributed by atoms with Gasteiger partial charge < -0.3 is 4.74 Å². The van der Waals surface area contributed by atoms with Gasteiger partial charge in [-0.05, 0) is 31.9 Å². The Hall–Kier alpha value is -0.500. The molecule has 1 fully saturated rings. The fraction of sp³-hybridized carbons (Fsp3) is 0.571. The first kappa shape index (κ1) is 12.0. The van der Waals surface area contributed by atoms with Gasteiger partial charge in [-0.2, -0.15) is 0 Å². The molecule has 2 unspecified atom stereocenters. The molecule has 2 rings (SSSR count). The Morgan fingerprint density at radius 2 is 2.00 bits per heavy atom. The lowest BCUT2D eigenvalue weighted by molar-refractivity contribution is -0.00822. The first-order valence-electron chi connectivity index (χ1n) is 5.79. The number of benzene rings is 1. The Morgan fingerprint density at radius 3 is 2.50 bits per heavy atom. The number of ether oxygens (including phenoxy) is 1. The van der Waals surface area contributed by atoms with Gasteiger partial charge in [-0.3, -0.25) is 0 Å². The van der Waals surface area contributed by atoms with Crippen LogP contribution in [0.15, 0.2) is 18.2 Å². The maximum atomic E-state index is 6.09. The van der Waals surface area contributed by atoms with Gasteiger partial charge in [0.2, 0.25) is 0 Å². The summed E-state index contributed by atoms with van der Waals surface area (Å²) in [6, 6.07) is 6.37. The molecule has 0 heterocycles. The van der Waals surface area contributed by atoms with Gasteiger partial charge in [-0.25, -0.2) is 0 Å². The van der Waals surface area contributed by atoms with Gasteiger partial charge in [0.25, 0.3) is 0 Å². The van der Waals surface area contributed by atoms with E-state index in [1.54, 1.807) is 0 Å². The van der Waals surface area contributed by atoms with Gasteiger partial charge in [0.15, 0.2) is 0 Å². The smallest absolute Gasteiger partial charge is 0.122 e. The van der Waals surface area contributed by atoms with E-state index in [9.17, 15) is 0 Å². The van der Waals surface area contributed by atoms with Crippen molar-refractivity contribution in [2.45, 2.75) is 45.0 Å². The van der Waals surface area contributed by atoms with Crippen molar-refractivity contribution in [3.8, 4) is 5.75 Å². The summed E-state index contributed by atoms with van der Waals surface area (Å²) < 4.78 is 6.09. The highest BCUT2D eigenvalue weighted by Gasteiger charge is 2.48. The first-order valence-corrected chi connectivity index (χ1v) is 6.71. The molecule has 88 valence electrons. The zero-order chi connectivity index (χ0) is 11.9. The summed E-state index contributed by atoms with van der Waals surface area (Å²) in [6.45, 7) is 8.73. The molecule has 0 spiro atoms. The summed E-state index contributed by atoms with van der Waals surface area (Å²) in [5, 5.41) is 0. The van der Waals surface area contributed by atoms with Gasteiger partial charge in [-0.1, -0.05) is 47.5 Å². The van der Waals surface area contributed by atoms with Crippen LogP contribution in [0.4, 0.5) is 0 Å². The van der Waals surface area contributed by atoms with Crippen LogP contribution in [0.5, 0.6) is 5.75 Å². The molecule has 16 heavy (non-hydrogen) atoms. The van der Waals surface area contributed by atoms with Gasteiger partial charge >= 0.3 is 0 Å². The van der Waals surface area contributed by atoms with E-state index in [1.807, 2.05) is 0 Å². The zero-order valence-corrected chi connectivity index (χ0v) is 12.0. The standard InChI is InChI=1S/C14H19BrO/c1-9-5-6-11(10(2)7-9)16-13-8-12(15)14(13,3)4/h5-7,12-13H,8H2,1-4H3. The number of alkyl halides is 1.